The second kappa shape index (κ2) is 4.47. The monoisotopic (exact) mass is 248 g/mol. The zero-order valence-corrected chi connectivity index (χ0v) is 10.5. The summed E-state index contributed by atoms with van der Waals surface area (Å²) in [5.41, 5.74) is 1.02. The van der Waals surface area contributed by atoms with Gasteiger partial charge in [0.05, 0.1) is 12.2 Å². The number of benzene rings is 1. The average Bonchev–Trinajstić information content (AvgIpc) is 2.71. The lowest BCUT2D eigenvalue weighted by Crippen LogP contribution is -2.30. The molecule has 2 bridgehead atoms. The summed E-state index contributed by atoms with van der Waals surface area (Å²) in [5, 5.41) is 0. The van der Waals surface area contributed by atoms with Crippen molar-refractivity contribution in [2.45, 2.75) is 44.8 Å². The quantitative estimate of drug-likeness (QED) is 0.751. The number of Topliss-reactive ketones (excluding diaryl/α,β-unsaturated/α-hetero) is 1. The van der Waals surface area contributed by atoms with Gasteiger partial charge in [-0.1, -0.05) is 12.1 Å². The molecule has 1 aromatic carbocycles. The number of carbonyl (C=O) groups excluding carboxylic acids is 1. The minimum absolute atomic E-state index is 0.0109. The number of halogens is 1. The summed E-state index contributed by atoms with van der Waals surface area (Å²) in [6.45, 7) is 1.68. The first-order valence-corrected chi connectivity index (χ1v) is 6.60. The predicted molar refractivity (Wildman–Crippen MR) is 66.1 cm³/mol. The van der Waals surface area contributed by atoms with Gasteiger partial charge < -0.3 is 4.74 Å². The molecular weight excluding hydrogens is 231 g/mol. The van der Waals surface area contributed by atoms with E-state index >= 15 is 0 Å². The van der Waals surface area contributed by atoms with Crippen molar-refractivity contribution in [2.75, 3.05) is 0 Å². The molecule has 2 unspecified atom stereocenters. The van der Waals surface area contributed by atoms with E-state index in [1.165, 1.54) is 6.07 Å². The Bertz CT molecular complexity index is 471. The first-order valence-electron chi connectivity index (χ1n) is 6.60. The summed E-state index contributed by atoms with van der Waals surface area (Å²) < 4.78 is 19.2. The van der Waals surface area contributed by atoms with Crippen molar-refractivity contribution in [1.29, 1.82) is 0 Å². The Kier molecular flexibility index (Phi) is 2.94. The van der Waals surface area contributed by atoms with E-state index in [0.29, 0.717) is 11.1 Å². The molecule has 2 atom stereocenters. The predicted octanol–water partition coefficient (Wildman–Crippen LogP) is 3.27. The highest BCUT2D eigenvalue weighted by molar-refractivity contribution is 5.99. The maximum Gasteiger partial charge on any atom is 0.166 e. The van der Waals surface area contributed by atoms with Crippen LogP contribution < -0.4 is 0 Å². The van der Waals surface area contributed by atoms with E-state index in [0.717, 1.165) is 25.7 Å². The number of carbonyl (C=O) groups is 1. The summed E-state index contributed by atoms with van der Waals surface area (Å²) in [7, 11) is 0. The fraction of sp³-hybridized carbons (Fsp3) is 0.533. The summed E-state index contributed by atoms with van der Waals surface area (Å²) in [5.74, 6) is -0.195. The number of hydrogen-bond donors (Lipinski definition) is 0. The van der Waals surface area contributed by atoms with Gasteiger partial charge in [-0.2, -0.15) is 0 Å². The molecule has 0 amide bonds. The second-order valence-electron chi connectivity index (χ2n) is 5.40. The van der Waals surface area contributed by atoms with Crippen molar-refractivity contribution in [3.63, 3.8) is 0 Å². The molecule has 1 aromatic rings. The Morgan fingerprint density at radius 1 is 1.28 bits per heavy atom. The van der Waals surface area contributed by atoms with Gasteiger partial charge in [0.15, 0.2) is 5.78 Å². The van der Waals surface area contributed by atoms with Crippen molar-refractivity contribution >= 4 is 5.78 Å². The third-order valence-corrected chi connectivity index (χ3v) is 4.19. The van der Waals surface area contributed by atoms with Gasteiger partial charge in [-0.25, -0.2) is 4.39 Å². The van der Waals surface area contributed by atoms with Crippen LogP contribution in [0.2, 0.25) is 0 Å². The van der Waals surface area contributed by atoms with E-state index in [2.05, 4.69) is 0 Å². The standard InChI is InChI=1S/C15H17FO2/c1-9-13(3-2-4-14(9)16)15(17)10-7-11-5-6-12(8-10)18-11/h2-4,10-12H,5-8H2,1H3. The highest BCUT2D eigenvalue weighted by Crippen LogP contribution is 2.37. The highest BCUT2D eigenvalue weighted by Gasteiger charge is 2.38. The smallest absolute Gasteiger partial charge is 0.166 e. The first-order chi connectivity index (χ1) is 8.65. The van der Waals surface area contributed by atoms with Crippen LogP contribution in [0.3, 0.4) is 0 Å². The fourth-order valence-corrected chi connectivity index (χ4v) is 3.17. The van der Waals surface area contributed by atoms with Gasteiger partial charge in [0.1, 0.15) is 5.82 Å². The van der Waals surface area contributed by atoms with Crippen LogP contribution in [0, 0.1) is 18.7 Å². The number of hydrogen-bond acceptors (Lipinski definition) is 2. The molecule has 2 saturated heterocycles. The summed E-state index contributed by atoms with van der Waals surface area (Å²) >= 11 is 0. The Morgan fingerprint density at radius 3 is 2.61 bits per heavy atom. The van der Waals surface area contributed by atoms with Crippen molar-refractivity contribution in [1.82, 2.24) is 0 Å². The van der Waals surface area contributed by atoms with Crippen LogP contribution in [-0.2, 0) is 4.74 Å². The van der Waals surface area contributed by atoms with Crippen molar-refractivity contribution in [3.05, 3.63) is 35.1 Å². The molecule has 0 aliphatic carbocycles. The van der Waals surface area contributed by atoms with Crippen LogP contribution >= 0.6 is 0 Å². The molecular formula is C15H17FO2. The van der Waals surface area contributed by atoms with Crippen LogP contribution in [-0.4, -0.2) is 18.0 Å². The third-order valence-electron chi connectivity index (χ3n) is 4.19. The van der Waals surface area contributed by atoms with Crippen molar-refractivity contribution < 1.29 is 13.9 Å². The van der Waals surface area contributed by atoms with Gasteiger partial charge in [-0.15, -0.1) is 0 Å². The molecule has 0 aromatic heterocycles. The second-order valence-corrected chi connectivity index (χ2v) is 5.40. The molecule has 96 valence electrons. The Hall–Kier alpha value is -1.22. The van der Waals surface area contributed by atoms with Crippen LogP contribution in [0.1, 0.15) is 41.6 Å². The Labute approximate surface area is 106 Å². The molecule has 18 heavy (non-hydrogen) atoms. The van der Waals surface area contributed by atoms with E-state index in [9.17, 15) is 9.18 Å². The van der Waals surface area contributed by atoms with E-state index in [-0.39, 0.29) is 29.7 Å². The van der Waals surface area contributed by atoms with E-state index in [1.54, 1.807) is 19.1 Å². The van der Waals surface area contributed by atoms with Crippen molar-refractivity contribution in [2.24, 2.45) is 5.92 Å². The third kappa shape index (κ3) is 1.97. The topological polar surface area (TPSA) is 26.3 Å². The fourth-order valence-electron chi connectivity index (χ4n) is 3.17. The molecule has 0 radical (unpaired) electrons. The minimum atomic E-state index is -0.295. The van der Waals surface area contributed by atoms with Crippen LogP contribution in [0.5, 0.6) is 0 Å². The zero-order chi connectivity index (χ0) is 12.7. The first kappa shape index (κ1) is 11.8. The maximum absolute atomic E-state index is 13.5. The normalized spacial score (nSPS) is 30.4. The molecule has 3 rings (SSSR count). The molecule has 2 aliphatic heterocycles. The van der Waals surface area contributed by atoms with Crippen LogP contribution in [0.15, 0.2) is 18.2 Å². The SMILES string of the molecule is Cc1c(F)cccc1C(=O)C1CC2CCC(C1)O2. The molecule has 0 spiro atoms. The van der Waals surface area contributed by atoms with Gasteiger partial charge in [0.25, 0.3) is 0 Å². The molecule has 2 nitrogen and oxygen atoms in total. The lowest BCUT2D eigenvalue weighted by Gasteiger charge is -2.27. The molecule has 2 heterocycles. The molecule has 2 aliphatic rings. The highest BCUT2D eigenvalue weighted by atomic mass is 19.1. The molecule has 0 N–H and O–H groups in total. The van der Waals surface area contributed by atoms with E-state index in [1.807, 2.05) is 0 Å². The summed E-state index contributed by atoms with van der Waals surface area (Å²) in [6.07, 6.45) is 4.21. The Morgan fingerprint density at radius 2 is 1.94 bits per heavy atom. The van der Waals surface area contributed by atoms with Crippen molar-refractivity contribution in [3.8, 4) is 0 Å². The van der Waals surface area contributed by atoms with Gasteiger partial charge in [0, 0.05) is 11.5 Å². The number of fused-ring (bicyclic) bond motifs is 2. The largest absolute Gasteiger partial charge is 0.375 e. The number of ether oxygens (including phenoxy) is 1. The van der Waals surface area contributed by atoms with Gasteiger partial charge in [-0.3, -0.25) is 4.79 Å². The Balaban J connectivity index is 1.84. The average molecular weight is 248 g/mol. The maximum atomic E-state index is 13.5. The van der Waals surface area contributed by atoms with Gasteiger partial charge in [-0.05, 0) is 44.2 Å². The van der Waals surface area contributed by atoms with Gasteiger partial charge >= 0.3 is 0 Å². The molecule has 0 saturated carbocycles. The lowest BCUT2D eigenvalue weighted by molar-refractivity contribution is -0.0149. The zero-order valence-electron chi connectivity index (χ0n) is 10.5. The summed E-state index contributed by atoms with van der Waals surface area (Å²) in [4.78, 5) is 12.5. The van der Waals surface area contributed by atoms with Crippen LogP contribution in [0.4, 0.5) is 4.39 Å². The van der Waals surface area contributed by atoms with E-state index in [4.69, 9.17) is 4.74 Å². The van der Waals surface area contributed by atoms with Crippen LogP contribution in [0.25, 0.3) is 0 Å². The lowest BCUT2D eigenvalue weighted by atomic mass is 9.86. The number of ketones is 1. The van der Waals surface area contributed by atoms with Gasteiger partial charge in [0.2, 0.25) is 0 Å². The minimum Gasteiger partial charge on any atom is -0.375 e. The molecule has 2 fully saturated rings. The molecule has 3 heteroatoms. The summed E-state index contributed by atoms with van der Waals surface area (Å²) in [6, 6.07) is 4.75. The number of rotatable bonds is 2. The van der Waals surface area contributed by atoms with E-state index < -0.39 is 0 Å².